The Kier molecular flexibility index (Phi) is 3.13. The van der Waals surface area contributed by atoms with Crippen LogP contribution in [0.15, 0.2) is 24.3 Å². The van der Waals surface area contributed by atoms with Crippen molar-refractivity contribution in [2.75, 3.05) is 10.6 Å². The molecule has 2 aromatic rings. The van der Waals surface area contributed by atoms with Crippen LogP contribution in [-0.2, 0) is 9.59 Å². The second-order valence-electron chi connectivity index (χ2n) is 4.69. The lowest BCUT2D eigenvalue weighted by Gasteiger charge is -2.09. The molecule has 0 fully saturated rings. The van der Waals surface area contributed by atoms with E-state index in [-0.39, 0.29) is 24.1 Å². The van der Waals surface area contributed by atoms with Crippen LogP contribution in [0.25, 0.3) is 0 Å². The molecule has 0 saturated heterocycles. The first kappa shape index (κ1) is 13.2. The molecule has 2 heterocycles. The van der Waals surface area contributed by atoms with Crippen LogP contribution in [-0.4, -0.2) is 26.6 Å². The third-order valence-corrected chi connectivity index (χ3v) is 3.08. The number of nitrogens with zero attached hydrogens (tertiary/aromatic N) is 3. The standard InChI is InChI=1S/C13H12FN5O2/c1-7-15-13-17-12(21)10(19(13)18-7)6-11(20)16-9-4-2-8(14)3-5-9/h2-5,10H,6H2,1H3,(H,16,20)(H,15,17,18,21). The Balaban J connectivity index is 1.70. The SMILES string of the molecule is Cc1nc2n(n1)C(CC(=O)Nc1ccc(F)cc1)C(=O)N2. The van der Waals surface area contributed by atoms with Gasteiger partial charge in [-0.1, -0.05) is 0 Å². The highest BCUT2D eigenvalue weighted by Crippen LogP contribution is 2.25. The minimum absolute atomic E-state index is 0.0704. The van der Waals surface area contributed by atoms with Crippen molar-refractivity contribution in [3.63, 3.8) is 0 Å². The number of nitrogens with one attached hydrogen (secondary N) is 2. The highest BCUT2D eigenvalue weighted by atomic mass is 19.1. The summed E-state index contributed by atoms with van der Waals surface area (Å²) in [6, 6.07) is 4.68. The lowest BCUT2D eigenvalue weighted by molar-refractivity contribution is -0.123. The monoisotopic (exact) mass is 289 g/mol. The molecule has 1 aliphatic heterocycles. The van der Waals surface area contributed by atoms with Gasteiger partial charge in [-0.25, -0.2) is 9.07 Å². The van der Waals surface area contributed by atoms with Crippen LogP contribution in [0.1, 0.15) is 18.3 Å². The van der Waals surface area contributed by atoms with Gasteiger partial charge in [0.25, 0.3) is 5.91 Å². The van der Waals surface area contributed by atoms with Gasteiger partial charge < -0.3 is 5.32 Å². The van der Waals surface area contributed by atoms with Gasteiger partial charge in [0.1, 0.15) is 17.7 Å². The number of aromatic nitrogens is 3. The number of fused-ring (bicyclic) bond motifs is 1. The molecule has 0 radical (unpaired) electrons. The smallest absolute Gasteiger partial charge is 0.252 e. The second-order valence-corrected chi connectivity index (χ2v) is 4.69. The summed E-state index contributed by atoms with van der Waals surface area (Å²) in [5, 5.41) is 9.26. The molecular weight excluding hydrogens is 277 g/mol. The van der Waals surface area contributed by atoms with E-state index in [1.54, 1.807) is 6.92 Å². The number of carbonyl (C=O) groups is 2. The maximum atomic E-state index is 12.8. The van der Waals surface area contributed by atoms with Crippen LogP contribution in [0.4, 0.5) is 16.0 Å². The van der Waals surface area contributed by atoms with Crippen molar-refractivity contribution < 1.29 is 14.0 Å². The summed E-state index contributed by atoms with van der Waals surface area (Å²) in [5.41, 5.74) is 0.467. The minimum atomic E-state index is -0.721. The summed E-state index contributed by atoms with van der Waals surface area (Å²) in [6.07, 6.45) is -0.0704. The van der Waals surface area contributed by atoms with E-state index < -0.39 is 6.04 Å². The molecule has 0 saturated carbocycles. The van der Waals surface area contributed by atoms with Gasteiger partial charge in [0.15, 0.2) is 0 Å². The Morgan fingerprint density at radius 1 is 1.43 bits per heavy atom. The number of hydrogen-bond donors (Lipinski definition) is 2. The summed E-state index contributed by atoms with van der Waals surface area (Å²) in [4.78, 5) is 27.8. The van der Waals surface area contributed by atoms with Crippen LogP contribution in [0.5, 0.6) is 0 Å². The van der Waals surface area contributed by atoms with Crippen molar-refractivity contribution in [2.24, 2.45) is 0 Å². The van der Waals surface area contributed by atoms with E-state index >= 15 is 0 Å². The van der Waals surface area contributed by atoms with E-state index in [0.717, 1.165) is 0 Å². The summed E-state index contributed by atoms with van der Waals surface area (Å²) in [7, 11) is 0. The zero-order chi connectivity index (χ0) is 15.0. The third kappa shape index (κ3) is 2.60. The molecule has 2 N–H and O–H groups in total. The average Bonchev–Trinajstić information content (AvgIpc) is 2.90. The first-order valence-electron chi connectivity index (χ1n) is 6.32. The lowest BCUT2D eigenvalue weighted by Crippen LogP contribution is -2.23. The lowest BCUT2D eigenvalue weighted by atomic mass is 10.2. The van der Waals surface area contributed by atoms with Gasteiger partial charge in [0.05, 0.1) is 6.42 Å². The highest BCUT2D eigenvalue weighted by Gasteiger charge is 2.34. The summed E-state index contributed by atoms with van der Waals surface area (Å²) < 4.78 is 14.2. The quantitative estimate of drug-likeness (QED) is 0.890. The molecular formula is C13H12FN5O2. The zero-order valence-corrected chi connectivity index (χ0v) is 11.1. The number of rotatable bonds is 3. The predicted octanol–water partition coefficient (Wildman–Crippen LogP) is 1.25. The molecule has 1 aromatic heterocycles. The fourth-order valence-corrected chi connectivity index (χ4v) is 2.14. The number of aryl methyl sites for hydroxylation is 1. The van der Waals surface area contributed by atoms with Crippen LogP contribution in [0.3, 0.4) is 0 Å². The first-order valence-corrected chi connectivity index (χ1v) is 6.32. The summed E-state index contributed by atoms with van der Waals surface area (Å²) in [5.74, 6) is -0.195. The van der Waals surface area contributed by atoms with Gasteiger partial charge >= 0.3 is 0 Å². The van der Waals surface area contributed by atoms with Crippen LogP contribution < -0.4 is 10.6 Å². The van der Waals surface area contributed by atoms with E-state index in [9.17, 15) is 14.0 Å². The van der Waals surface area contributed by atoms with Gasteiger partial charge in [-0.05, 0) is 31.2 Å². The number of hydrogen-bond acceptors (Lipinski definition) is 4. The Morgan fingerprint density at radius 3 is 2.86 bits per heavy atom. The number of anilines is 2. The van der Waals surface area contributed by atoms with Gasteiger partial charge in [-0.2, -0.15) is 10.1 Å². The van der Waals surface area contributed by atoms with Gasteiger partial charge in [0.2, 0.25) is 11.9 Å². The van der Waals surface area contributed by atoms with Gasteiger partial charge in [-0.3, -0.25) is 14.9 Å². The van der Waals surface area contributed by atoms with Crippen molar-refractivity contribution in [2.45, 2.75) is 19.4 Å². The largest absolute Gasteiger partial charge is 0.326 e. The van der Waals surface area contributed by atoms with Gasteiger partial charge in [-0.15, -0.1) is 0 Å². The van der Waals surface area contributed by atoms with Crippen molar-refractivity contribution >= 4 is 23.5 Å². The number of benzene rings is 1. The van der Waals surface area contributed by atoms with Crippen LogP contribution in [0, 0.1) is 12.7 Å². The third-order valence-electron chi connectivity index (χ3n) is 3.08. The van der Waals surface area contributed by atoms with E-state index in [4.69, 9.17) is 0 Å². The van der Waals surface area contributed by atoms with E-state index in [2.05, 4.69) is 20.7 Å². The van der Waals surface area contributed by atoms with E-state index in [0.29, 0.717) is 17.5 Å². The molecule has 0 bridgehead atoms. The molecule has 8 heteroatoms. The number of halogens is 1. The maximum absolute atomic E-state index is 12.8. The molecule has 1 unspecified atom stereocenters. The Bertz CT molecular complexity index is 710. The fourth-order valence-electron chi connectivity index (χ4n) is 2.14. The Labute approximate surface area is 119 Å². The molecule has 0 aliphatic carbocycles. The molecule has 0 spiro atoms. The topological polar surface area (TPSA) is 88.9 Å². The van der Waals surface area contributed by atoms with Crippen LogP contribution in [0.2, 0.25) is 0 Å². The minimum Gasteiger partial charge on any atom is -0.326 e. The molecule has 1 aromatic carbocycles. The van der Waals surface area contributed by atoms with Crippen molar-refractivity contribution in [3.8, 4) is 0 Å². The van der Waals surface area contributed by atoms with E-state index in [1.165, 1.54) is 28.9 Å². The highest BCUT2D eigenvalue weighted by molar-refractivity contribution is 6.00. The molecule has 3 rings (SSSR count). The fraction of sp³-hybridized carbons (Fsp3) is 0.231. The van der Waals surface area contributed by atoms with Crippen LogP contribution >= 0.6 is 0 Å². The second kappa shape index (κ2) is 4.97. The van der Waals surface area contributed by atoms with Gasteiger partial charge in [0, 0.05) is 5.69 Å². The van der Waals surface area contributed by atoms with E-state index in [1.807, 2.05) is 0 Å². The molecule has 1 aliphatic rings. The number of amides is 2. The maximum Gasteiger partial charge on any atom is 0.252 e. The molecule has 21 heavy (non-hydrogen) atoms. The van der Waals surface area contributed by atoms with Crippen molar-refractivity contribution in [1.82, 2.24) is 14.8 Å². The molecule has 7 nitrogen and oxygen atoms in total. The summed E-state index contributed by atoms with van der Waals surface area (Å²) in [6.45, 7) is 1.70. The average molecular weight is 289 g/mol. The molecule has 2 amide bonds. The zero-order valence-electron chi connectivity index (χ0n) is 11.1. The summed E-state index contributed by atoms with van der Waals surface area (Å²) >= 11 is 0. The molecule has 108 valence electrons. The van der Waals surface area contributed by atoms with Crippen molar-refractivity contribution in [1.29, 1.82) is 0 Å². The Morgan fingerprint density at radius 2 is 2.14 bits per heavy atom. The first-order chi connectivity index (χ1) is 10.0. The molecule has 1 atom stereocenters. The predicted molar refractivity (Wildman–Crippen MR) is 72.1 cm³/mol. The normalized spacial score (nSPS) is 16.5. The number of carbonyl (C=O) groups excluding carboxylic acids is 2. The van der Waals surface area contributed by atoms with Crippen molar-refractivity contribution in [3.05, 3.63) is 35.9 Å². The Hall–Kier alpha value is -2.77.